The van der Waals surface area contributed by atoms with Crippen LogP contribution in [0.1, 0.15) is 46.5 Å². The van der Waals surface area contributed by atoms with Gasteiger partial charge in [0.1, 0.15) is 0 Å². The molecule has 1 aliphatic carbocycles. The largest absolute Gasteiger partial charge is 0.314 e. The minimum absolute atomic E-state index is 0.715. The summed E-state index contributed by atoms with van der Waals surface area (Å²) in [5.74, 6) is 0.900. The summed E-state index contributed by atoms with van der Waals surface area (Å²) >= 11 is 0. The van der Waals surface area contributed by atoms with Crippen LogP contribution >= 0.6 is 0 Å². The van der Waals surface area contributed by atoms with E-state index in [-0.39, 0.29) is 0 Å². The van der Waals surface area contributed by atoms with Crippen LogP contribution in [0.2, 0.25) is 0 Å². The van der Waals surface area contributed by atoms with Gasteiger partial charge in [-0.05, 0) is 45.6 Å². The van der Waals surface area contributed by atoms with Crippen LogP contribution in [0.15, 0.2) is 0 Å². The second-order valence-electron chi connectivity index (χ2n) is 6.68. The van der Waals surface area contributed by atoms with Crippen molar-refractivity contribution in [3.63, 3.8) is 0 Å². The van der Waals surface area contributed by atoms with Gasteiger partial charge >= 0.3 is 0 Å². The van der Waals surface area contributed by atoms with E-state index in [1.165, 1.54) is 65.0 Å². The maximum atomic E-state index is 3.76. The van der Waals surface area contributed by atoms with Crippen LogP contribution in [0.5, 0.6) is 0 Å². The molecule has 2 unspecified atom stereocenters. The number of hydrogen-bond donors (Lipinski definition) is 1. The third kappa shape index (κ3) is 4.44. The Morgan fingerprint density at radius 3 is 2.47 bits per heavy atom. The van der Waals surface area contributed by atoms with Crippen molar-refractivity contribution in [3.8, 4) is 0 Å². The normalized spacial score (nSPS) is 30.3. The molecule has 3 nitrogen and oxygen atoms in total. The molecule has 0 aromatic heterocycles. The lowest BCUT2D eigenvalue weighted by molar-refractivity contribution is 0.0937. The van der Waals surface area contributed by atoms with Crippen molar-refractivity contribution in [3.05, 3.63) is 0 Å². The van der Waals surface area contributed by atoms with E-state index >= 15 is 0 Å². The minimum Gasteiger partial charge on any atom is -0.314 e. The average Bonchev–Trinajstić information content (AvgIpc) is 2.84. The lowest BCUT2D eigenvalue weighted by atomic mass is 10.0. The Morgan fingerprint density at radius 2 is 1.84 bits per heavy atom. The zero-order chi connectivity index (χ0) is 13.7. The minimum atomic E-state index is 0.715. The van der Waals surface area contributed by atoms with Crippen LogP contribution in [-0.4, -0.2) is 61.2 Å². The molecule has 2 atom stereocenters. The Balaban J connectivity index is 1.72. The molecule has 1 N–H and O–H groups in total. The lowest BCUT2D eigenvalue weighted by Gasteiger charge is -2.38. The Labute approximate surface area is 119 Å². The fourth-order valence-corrected chi connectivity index (χ4v) is 3.65. The van der Waals surface area contributed by atoms with Gasteiger partial charge in [0.05, 0.1) is 0 Å². The molecule has 0 radical (unpaired) electrons. The molecular formula is C16H33N3. The maximum absolute atomic E-state index is 3.76. The fraction of sp³-hybridized carbons (Fsp3) is 1.00. The van der Waals surface area contributed by atoms with Gasteiger partial charge in [-0.1, -0.05) is 13.3 Å². The van der Waals surface area contributed by atoms with Gasteiger partial charge in [0.15, 0.2) is 0 Å². The molecule has 112 valence electrons. The monoisotopic (exact) mass is 267 g/mol. The number of hydrogen-bond acceptors (Lipinski definition) is 3. The summed E-state index contributed by atoms with van der Waals surface area (Å²) in [5.41, 5.74) is 0. The van der Waals surface area contributed by atoms with Crippen molar-refractivity contribution >= 4 is 0 Å². The molecule has 1 aliphatic heterocycles. The molecule has 1 heterocycles. The van der Waals surface area contributed by atoms with Crippen molar-refractivity contribution in [1.82, 2.24) is 15.1 Å². The third-order valence-corrected chi connectivity index (χ3v) is 4.95. The van der Waals surface area contributed by atoms with Crippen molar-refractivity contribution in [2.45, 2.75) is 58.5 Å². The van der Waals surface area contributed by atoms with Gasteiger partial charge in [-0.3, -0.25) is 4.90 Å². The van der Waals surface area contributed by atoms with Crippen molar-refractivity contribution in [2.24, 2.45) is 5.92 Å². The quantitative estimate of drug-likeness (QED) is 0.796. The highest BCUT2D eigenvalue weighted by Gasteiger charge is 2.29. The second kappa shape index (κ2) is 7.61. The Hall–Kier alpha value is -0.120. The summed E-state index contributed by atoms with van der Waals surface area (Å²) in [5, 5.41) is 3.76. The van der Waals surface area contributed by atoms with Gasteiger partial charge in [-0.2, -0.15) is 0 Å². The third-order valence-electron chi connectivity index (χ3n) is 4.95. The molecular weight excluding hydrogens is 234 g/mol. The van der Waals surface area contributed by atoms with Crippen LogP contribution in [-0.2, 0) is 0 Å². The first-order valence-electron chi connectivity index (χ1n) is 8.40. The van der Waals surface area contributed by atoms with Crippen LogP contribution in [0.3, 0.4) is 0 Å². The SMILES string of the molecule is CCCNC1CCCC1CN1CCN(C(C)C)CC1. The van der Waals surface area contributed by atoms with E-state index in [1.54, 1.807) is 0 Å². The van der Waals surface area contributed by atoms with Gasteiger partial charge in [-0.25, -0.2) is 0 Å². The summed E-state index contributed by atoms with van der Waals surface area (Å²) in [4.78, 5) is 5.31. The summed E-state index contributed by atoms with van der Waals surface area (Å²) in [6.45, 7) is 14.5. The van der Waals surface area contributed by atoms with Gasteiger partial charge in [0.25, 0.3) is 0 Å². The number of rotatable bonds is 6. The molecule has 2 fully saturated rings. The van der Waals surface area contributed by atoms with Crippen molar-refractivity contribution < 1.29 is 0 Å². The van der Waals surface area contributed by atoms with Crippen LogP contribution in [0.25, 0.3) is 0 Å². The molecule has 0 spiro atoms. The standard InChI is InChI=1S/C16H33N3/c1-4-8-17-16-7-5-6-15(16)13-18-9-11-19(12-10-18)14(2)3/h14-17H,4-13H2,1-3H3. The number of nitrogens with one attached hydrogen (secondary N) is 1. The van der Waals surface area contributed by atoms with Crippen molar-refractivity contribution in [1.29, 1.82) is 0 Å². The highest BCUT2D eigenvalue weighted by molar-refractivity contribution is 4.86. The van der Waals surface area contributed by atoms with Crippen molar-refractivity contribution in [2.75, 3.05) is 39.3 Å². The molecule has 0 bridgehead atoms. The summed E-state index contributed by atoms with van der Waals surface area (Å²) < 4.78 is 0. The second-order valence-corrected chi connectivity index (χ2v) is 6.68. The Morgan fingerprint density at radius 1 is 1.11 bits per heavy atom. The van der Waals surface area contributed by atoms with Gasteiger partial charge < -0.3 is 10.2 Å². The van der Waals surface area contributed by atoms with E-state index in [1.807, 2.05) is 0 Å². The van der Waals surface area contributed by atoms with Crippen LogP contribution < -0.4 is 5.32 Å². The first kappa shape index (κ1) is 15.3. The zero-order valence-corrected chi connectivity index (χ0v) is 13.2. The summed E-state index contributed by atoms with van der Waals surface area (Å²) in [6, 6.07) is 1.51. The molecule has 1 saturated carbocycles. The zero-order valence-electron chi connectivity index (χ0n) is 13.2. The Bertz CT molecular complexity index is 246. The van der Waals surface area contributed by atoms with E-state index in [4.69, 9.17) is 0 Å². The van der Waals surface area contributed by atoms with Crippen LogP contribution in [0.4, 0.5) is 0 Å². The summed E-state index contributed by atoms with van der Waals surface area (Å²) in [6.07, 6.45) is 5.52. The smallest absolute Gasteiger partial charge is 0.0113 e. The molecule has 0 aromatic carbocycles. The molecule has 1 saturated heterocycles. The highest BCUT2D eigenvalue weighted by Crippen LogP contribution is 2.27. The van der Waals surface area contributed by atoms with Gasteiger partial charge in [0.2, 0.25) is 0 Å². The van der Waals surface area contributed by atoms with E-state index in [0.29, 0.717) is 6.04 Å². The van der Waals surface area contributed by atoms with E-state index in [2.05, 4.69) is 35.9 Å². The van der Waals surface area contributed by atoms with E-state index < -0.39 is 0 Å². The molecule has 0 aromatic rings. The van der Waals surface area contributed by atoms with E-state index in [0.717, 1.165) is 12.0 Å². The number of piperazine rings is 1. The average molecular weight is 267 g/mol. The van der Waals surface area contributed by atoms with Crippen LogP contribution in [0, 0.1) is 5.92 Å². The van der Waals surface area contributed by atoms with E-state index in [9.17, 15) is 0 Å². The molecule has 0 amide bonds. The predicted octanol–water partition coefficient (Wildman–Crippen LogP) is 2.18. The number of nitrogens with zero attached hydrogens (tertiary/aromatic N) is 2. The first-order valence-corrected chi connectivity index (χ1v) is 8.40. The molecule has 2 rings (SSSR count). The Kier molecular flexibility index (Phi) is 6.11. The predicted molar refractivity (Wildman–Crippen MR) is 82.6 cm³/mol. The molecule has 3 heteroatoms. The van der Waals surface area contributed by atoms with Gasteiger partial charge in [-0.15, -0.1) is 0 Å². The lowest BCUT2D eigenvalue weighted by Crippen LogP contribution is -2.51. The topological polar surface area (TPSA) is 18.5 Å². The summed E-state index contributed by atoms with van der Waals surface area (Å²) in [7, 11) is 0. The maximum Gasteiger partial charge on any atom is 0.0113 e. The molecule has 2 aliphatic rings. The first-order chi connectivity index (χ1) is 9.20. The highest BCUT2D eigenvalue weighted by atomic mass is 15.3. The van der Waals surface area contributed by atoms with Gasteiger partial charge in [0, 0.05) is 44.8 Å². The fourth-order valence-electron chi connectivity index (χ4n) is 3.65. The molecule has 19 heavy (non-hydrogen) atoms.